The number of hydrogen-bond donors (Lipinski definition) is 2. The number of fused-ring (bicyclic) bond motifs is 1. The molecule has 0 bridgehead atoms. The van der Waals surface area contributed by atoms with Crippen LogP contribution in [0, 0.1) is 12.8 Å². The van der Waals surface area contributed by atoms with E-state index in [1.54, 1.807) is 0 Å². The average Bonchev–Trinajstić information content (AvgIpc) is 3.14. The Hall–Kier alpha value is -2.54. The van der Waals surface area contributed by atoms with Crippen LogP contribution in [0.4, 0.5) is 0 Å². The van der Waals surface area contributed by atoms with Crippen LogP contribution in [-0.2, 0) is 5.54 Å². The van der Waals surface area contributed by atoms with Crippen molar-refractivity contribution in [1.29, 1.82) is 0 Å². The number of nitrogens with one attached hydrogen (secondary N) is 2. The van der Waals surface area contributed by atoms with Gasteiger partial charge in [-0.1, -0.05) is 19.1 Å². The molecule has 4 rings (SSSR count). The fourth-order valence-electron chi connectivity index (χ4n) is 4.36. The highest BCUT2D eigenvalue weighted by Crippen LogP contribution is 2.23. The number of likely N-dealkylation sites (tertiary alicyclic amines) is 1. The number of H-pyrrole nitrogens is 1. The van der Waals surface area contributed by atoms with Crippen LogP contribution in [0.15, 0.2) is 29.1 Å². The molecule has 7 heteroatoms. The van der Waals surface area contributed by atoms with Gasteiger partial charge in [0.1, 0.15) is 0 Å². The number of nitrogens with zero attached hydrogens (tertiary/aromatic N) is 4. The van der Waals surface area contributed by atoms with Gasteiger partial charge in [0.15, 0.2) is 6.04 Å². The maximum Gasteiger partial charge on any atom is 0.258 e. The number of aryl methyl sites for hydroxylation is 1. The van der Waals surface area contributed by atoms with Gasteiger partial charge < -0.3 is 9.88 Å². The molecule has 0 radical (unpaired) electrons. The van der Waals surface area contributed by atoms with Crippen LogP contribution in [0.3, 0.4) is 0 Å². The molecule has 0 spiro atoms. The molecule has 2 aromatic heterocycles. The summed E-state index contributed by atoms with van der Waals surface area (Å²) in [6, 6.07) is 8.01. The number of hydrogen-bond acceptors (Lipinski definition) is 4. The first-order valence-electron chi connectivity index (χ1n) is 10.5. The fraction of sp³-hybridized carbons (Fsp3) is 0.545. The maximum atomic E-state index is 13.2. The molecule has 2 N–H and O–H groups in total. The van der Waals surface area contributed by atoms with Crippen molar-refractivity contribution in [3.05, 3.63) is 51.6 Å². The predicted octanol–water partition coefficient (Wildman–Crippen LogP) is 1.98. The van der Waals surface area contributed by atoms with Crippen molar-refractivity contribution in [3.8, 4) is 0 Å². The normalized spacial score (nSPS) is 21.4. The molecule has 3 heterocycles. The number of aromatic nitrogens is 5. The Labute approximate surface area is 171 Å². The minimum Gasteiger partial charge on any atom is -0.322 e. The van der Waals surface area contributed by atoms with Crippen LogP contribution >= 0.6 is 0 Å². The molecule has 0 amide bonds. The van der Waals surface area contributed by atoms with Crippen LogP contribution in [0.5, 0.6) is 0 Å². The van der Waals surface area contributed by atoms with Crippen molar-refractivity contribution < 1.29 is 4.90 Å². The summed E-state index contributed by atoms with van der Waals surface area (Å²) < 4.78 is 1.88. The van der Waals surface area contributed by atoms with Crippen molar-refractivity contribution in [2.75, 3.05) is 13.1 Å². The van der Waals surface area contributed by atoms with Gasteiger partial charge in [-0.2, -0.15) is 0 Å². The Balaban J connectivity index is 1.88. The topological polar surface area (TPSA) is 80.9 Å². The van der Waals surface area contributed by atoms with Gasteiger partial charge in [0.25, 0.3) is 5.56 Å². The zero-order chi connectivity index (χ0) is 20.8. The zero-order valence-electron chi connectivity index (χ0n) is 18.0. The lowest BCUT2D eigenvalue weighted by atomic mass is 9.95. The number of quaternary nitrogens is 1. The smallest absolute Gasteiger partial charge is 0.258 e. The lowest BCUT2D eigenvalue weighted by Crippen LogP contribution is -3.13. The first-order chi connectivity index (χ1) is 13.7. The summed E-state index contributed by atoms with van der Waals surface area (Å²) in [6.45, 7) is 12.6. The Kier molecular flexibility index (Phi) is 5.02. The van der Waals surface area contributed by atoms with Crippen LogP contribution in [0.1, 0.15) is 63.5 Å². The summed E-state index contributed by atoms with van der Waals surface area (Å²) in [4.78, 5) is 17.7. The Morgan fingerprint density at radius 3 is 2.62 bits per heavy atom. The van der Waals surface area contributed by atoms with Gasteiger partial charge in [0.05, 0.1) is 24.2 Å². The van der Waals surface area contributed by atoms with E-state index in [2.05, 4.69) is 60.3 Å². The van der Waals surface area contributed by atoms with Gasteiger partial charge in [0.2, 0.25) is 5.82 Å². The van der Waals surface area contributed by atoms with Crippen LogP contribution in [0.2, 0.25) is 0 Å². The first-order valence-corrected chi connectivity index (χ1v) is 10.5. The third-order valence-corrected chi connectivity index (χ3v) is 6.05. The molecule has 1 aliphatic heterocycles. The second kappa shape index (κ2) is 7.37. The monoisotopic (exact) mass is 395 g/mol. The zero-order valence-corrected chi connectivity index (χ0v) is 18.0. The van der Waals surface area contributed by atoms with E-state index >= 15 is 0 Å². The number of piperidine rings is 1. The second-order valence-corrected chi connectivity index (χ2v) is 9.54. The molecule has 1 fully saturated rings. The number of rotatable bonds is 3. The molecular formula is C22H31N6O+. The van der Waals surface area contributed by atoms with Gasteiger partial charge in [-0.3, -0.25) is 4.79 Å². The van der Waals surface area contributed by atoms with Crippen molar-refractivity contribution >= 4 is 10.9 Å². The van der Waals surface area contributed by atoms with Crippen molar-refractivity contribution in [2.45, 2.75) is 59.0 Å². The van der Waals surface area contributed by atoms with Crippen molar-refractivity contribution in [2.24, 2.45) is 5.92 Å². The van der Waals surface area contributed by atoms with Gasteiger partial charge in [-0.25, -0.2) is 4.68 Å². The first kappa shape index (κ1) is 19.8. The third kappa shape index (κ3) is 3.83. The molecule has 154 valence electrons. The highest BCUT2D eigenvalue weighted by Gasteiger charge is 2.37. The van der Waals surface area contributed by atoms with E-state index in [1.807, 2.05) is 23.7 Å². The standard InChI is InChI=1S/C22H30N6O/c1-14-8-10-27(11-9-14)19(20-24-25-26-28(20)22(3,4)5)17-13-16-7-6-15(2)12-18(16)23-21(17)29/h6-7,12-14,19H,8-11H2,1-5H3,(H,23,29)/p+1/t19-/m1/s1. The number of tetrazole rings is 1. The Morgan fingerprint density at radius 2 is 1.93 bits per heavy atom. The highest BCUT2D eigenvalue weighted by molar-refractivity contribution is 5.79. The molecular weight excluding hydrogens is 364 g/mol. The third-order valence-electron chi connectivity index (χ3n) is 6.05. The minimum atomic E-state index is -0.264. The summed E-state index contributed by atoms with van der Waals surface area (Å²) in [6.07, 6.45) is 2.29. The van der Waals surface area contributed by atoms with E-state index in [0.29, 0.717) is 0 Å². The van der Waals surface area contributed by atoms with Gasteiger partial charge in [-0.15, -0.1) is 5.10 Å². The van der Waals surface area contributed by atoms with Crippen molar-refractivity contribution in [3.63, 3.8) is 0 Å². The molecule has 1 aliphatic rings. The highest BCUT2D eigenvalue weighted by atomic mass is 16.1. The molecule has 0 unspecified atom stereocenters. The summed E-state index contributed by atoms with van der Waals surface area (Å²) in [5, 5.41) is 13.7. The summed E-state index contributed by atoms with van der Waals surface area (Å²) in [5.74, 6) is 1.48. The van der Waals surface area contributed by atoms with E-state index in [-0.39, 0.29) is 17.1 Å². The molecule has 1 atom stereocenters. The molecule has 1 saturated heterocycles. The van der Waals surface area contributed by atoms with E-state index in [0.717, 1.165) is 59.7 Å². The van der Waals surface area contributed by atoms with E-state index < -0.39 is 0 Å². The van der Waals surface area contributed by atoms with Crippen LogP contribution < -0.4 is 10.5 Å². The van der Waals surface area contributed by atoms with E-state index in [9.17, 15) is 4.79 Å². The Morgan fingerprint density at radius 1 is 1.21 bits per heavy atom. The lowest BCUT2D eigenvalue weighted by molar-refractivity contribution is -0.932. The SMILES string of the molecule is Cc1ccc2cc([C@H](c3nnnn3C(C)(C)C)[NH+]3CCC(C)CC3)c(=O)[nH]c2c1. The number of benzene rings is 1. The van der Waals surface area contributed by atoms with Gasteiger partial charge >= 0.3 is 0 Å². The second-order valence-electron chi connectivity index (χ2n) is 9.54. The van der Waals surface area contributed by atoms with E-state index in [4.69, 9.17) is 0 Å². The summed E-state index contributed by atoms with van der Waals surface area (Å²) in [5.41, 5.74) is 2.43. The van der Waals surface area contributed by atoms with Crippen LogP contribution in [-0.4, -0.2) is 38.3 Å². The predicted molar refractivity (Wildman–Crippen MR) is 113 cm³/mol. The summed E-state index contributed by atoms with van der Waals surface area (Å²) in [7, 11) is 0. The summed E-state index contributed by atoms with van der Waals surface area (Å²) >= 11 is 0. The molecule has 1 aromatic carbocycles. The van der Waals surface area contributed by atoms with Gasteiger partial charge in [-0.05, 0) is 80.0 Å². The fourth-order valence-corrected chi connectivity index (χ4v) is 4.36. The number of pyridine rings is 1. The molecule has 0 saturated carbocycles. The van der Waals surface area contributed by atoms with Crippen LogP contribution in [0.25, 0.3) is 10.9 Å². The Bertz CT molecular complexity index is 1070. The molecule has 29 heavy (non-hydrogen) atoms. The molecule has 0 aliphatic carbocycles. The average molecular weight is 396 g/mol. The van der Waals surface area contributed by atoms with E-state index in [1.165, 1.54) is 4.90 Å². The van der Waals surface area contributed by atoms with Crippen molar-refractivity contribution in [1.82, 2.24) is 25.2 Å². The largest absolute Gasteiger partial charge is 0.322 e. The number of aromatic amines is 1. The maximum absolute atomic E-state index is 13.2. The molecule has 7 nitrogen and oxygen atoms in total. The minimum absolute atomic E-state index is 0.0531. The quantitative estimate of drug-likeness (QED) is 0.711. The molecule has 3 aromatic rings. The van der Waals surface area contributed by atoms with Gasteiger partial charge in [0, 0.05) is 5.52 Å². The lowest BCUT2D eigenvalue weighted by Gasteiger charge is -2.34.